The van der Waals surface area contributed by atoms with Gasteiger partial charge in [0.25, 0.3) is 0 Å². The lowest BCUT2D eigenvalue weighted by atomic mass is 9.91. The number of rotatable bonds is 4. The van der Waals surface area contributed by atoms with Gasteiger partial charge in [0.1, 0.15) is 5.75 Å². The highest BCUT2D eigenvalue weighted by Gasteiger charge is 2.35. The van der Waals surface area contributed by atoms with Gasteiger partial charge in [-0.25, -0.2) is 4.79 Å². The Balaban J connectivity index is 2.37. The molecule has 1 atom stereocenters. The zero-order valence-corrected chi connectivity index (χ0v) is 11.6. The fourth-order valence-electron chi connectivity index (χ4n) is 1.87. The van der Waals surface area contributed by atoms with Gasteiger partial charge in [-0.2, -0.15) is 0 Å². The highest BCUT2D eigenvalue weighted by atomic mass is 35.5. The maximum atomic E-state index is 11.6. The molecule has 0 radical (unpaired) electrons. The van der Waals surface area contributed by atoms with Crippen LogP contribution in [0, 0.1) is 0 Å². The van der Waals surface area contributed by atoms with Crippen molar-refractivity contribution >= 4 is 23.3 Å². The van der Waals surface area contributed by atoms with Gasteiger partial charge in [-0.05, 0) is 48.9 Å². The highest BCUT2D eigenvalue weighted by molar-refractivity contribution is 6.30. The Morgan fingerprint density at radius 2 is 1.65 bits per heavy atom. The van der Waals surface area contributed by atoms with Crippen LogP contribution in [0.15, 0.2) is 48.5 Å². The van der Waals surface area contributed by atoms with Gasteiger partial charge < -0.3 is 15.5 Å². The summed E-state index contributed by atoms with van der Waals surface area (Å²) in [7, 11) is 0. The van der Waals surface area contributed by atoms with E-state index in [0.29, 0.717) is 16.3 Å². The number of aliphatic carboxylic acids is 1. The number of hydrogen-bond donors (Lipinski definition) is 3. The van der Waals surface area contributed by atoms with Gasteiger partial charge >= 0.3 is 5.97 Å². The third kappa shape index (κ3) is 2.86. The highest BCUT2D eigenvalue weighted by Crippen LogP contribution is 2.28. The number of carbonyl (C=O) groups is 1. The van der Waals surface area contributed by atoms with Gasteiger partial charge in [0.05, 0.1) is 0 Å². The van der Waals surface area contributed by atoms with Crippen molar-refractivity contribution in [3.05, 3.63) is 59.1 Å². The maximum absolute atomic E-state index is 11.6. The topological polar surface area (TPSA) is 69.6 Å². The Kier molecular flexibility index (Phi) is 3.86. The summed E-state index contributed by atoms with van der Waals surface area (Å²) in [6.07, 6.45) is 0. The van der Waals surface area contributed by atoms with Gasteiger partial charge in [-0.15, -0.1) is 0 Å². The molecule has 0 amide bonds. The average Bonchev–Trinajstić information content (AvgIpc) is 2.42. The van der Waals surface area contributed by atoms with Crippen molar-refractivity contribution in [3.8, 4) is 5.75 Å². The van der Waals surface area contributed by atoms with Crippen molar-refractivity contribution in [1.82, 2.24) is 0 Å². The lowest BCUT2D eigenvalue weighted by Gasteiger charge is -2.28. The molecule has 104 valence electrons. The summed E-state index contributed by atoms with van der Waals surface area (Å²) in [5, 5.41) is 22.4. The maximum Gasteiger partial charge on any atom is 0.333 e. The fourth-order valence-corrected chi connectivity index (χ4v) is 1.99. The van der Waals surface area contributed by atoms with Crippen molar-refractivity contribution in [2.24, 2.45) is 0 Å². The zero-order valence-electron chi connectivity index (χ0n) is 10.8. The van der Waals surface area contributed by atoms with Crippen molar-refractivity contribution < 1.29 is 15.0 Å². The minimum Gasteiger partial charge on any atom is -0.508 e. The fraction of sp³-hybridized carbons (Fsp3) is 0.133. The molecule has 0 saturated heterocycles. The van der Waals surface area contributed by atoms with E-state index in [1.165, 1.54) is 12.1 Å². The van der Waals surface area contributed by atoms with Crippen molar-refractivity contribution in [3.63, 3.8) is 0 Å². The molecule has 2 rings (SSSR count). The van der Waals surface area contributed by atoms with E-state index in [-0.39, 0.29) is 5.75 Å². The number of anilines is 1. The van der Waals surface area contributed by atoms with Crippen LogP contribution in [0.25, 0.3) is 0 Å². The second kappa shape index (κ2) is 5.43. The third-order valence-corrected chi connectivity index (χ3v) is 3.36. The summed E-state index contributed by atoms with van der Waals surface area (Å²) in [6.45, 7) is 1.57. The molecule has 0 aliphatic carbocycles. The van der Waals surface area contributed by atoms with Crippen molar-refractivity contribution in [2.45, 2.75) is 12.5 Å². The number of benzene rings is 2. The number of halogens is 1. The number of aromatic hydroxyl groups is 1. The van der Waals surface area contributed by atoms with Gasteiger partial charge in [-0.1, -0.05) is 23.7 Å². The lowest BCUT2D eigenvalue weighted by Crippen LogP contribution is -2.40. The minimum absolute atomic E-state index is 0.0907. The molecule has 0 heterocycles. The Hall–Kier alpha value is -2.20. The molecule has 5 heteroatoms. The summed E-state index contributed by atoms with van der Waals surface area (Å²) in [4.78, 5) is 11.6. The first-order valence-corrected chi connectivity index (χ1v) is 6.36. The molecule has 1 unspecified atom stereocenters. The average molecular weight is 292 g/mol. The van der Waals surface area contributed by atoms with Crippen molar-refractivity contribution in [2.75, 3.05) is 5.32 Å². The standard InChI is InChI=1S/C15H14ClNO3/c1-15(14(19)20,10-2-8-13(18)9-3-10)17-12-6-4-11(16)5-7-12/h2-9,17-18H,1H3,(H,19,20). The Labute approximate surface area is 121 Å². The second-order valence-electron chi connectivity index (χ2n) is 4.61. The number of hydrogen-bond acceptors (Lipinski definition) is 3. The van der Waals surface area contributed by atoms with E-state index in [1.807, 2.05) is 0 Å². The minimum atomic E-state index is -1.30. The molecule has 2 aromatic carbocycles. The first-order chi connectivity index (χ1) is 9.41. The van der Waals surface area contributed by atoms with E-state index >= 15 is 0 Å². The first-order valence-electron chi connectivity index (χ1n) is 5.98. The summed E-state index contributed by atoms with van der Waals surface area (Å²) in [5.74, 6) is -0.925. The van der Waals surface area contributed by atoms with Crippen LogP contribution in [-0.4, -0.2) is 16.2 Å². The van der Waals surface area contributed by atoms with Gasteiger partial charge in [0.2, 0.25) is 0 Å². The van der Waals surface area contributed by atoms with E-state index in [9.17, 15) is 15.0 Å². The molecule has 0 aromatic heterocycles. The van der Waals surface area contributed by atoms with Gasteiger partial charge in [-0.3, -0.25) is 0 Å². The summed E-state index contributed by atoms with van der Waals surface area (Å²) in [6, 6.07) is 12.9. The summed E-state index contributed by atoms with van der Waals surface area (Å²) in [5.41, 5.74) is -0.119. The zero-order chi connectivity index (χ0) is 14.8. The number of phenols is 1. The molecule has 3 N–H and O–H groups in total. The number of carboxylic acids is 1. The quantitative estimate of drug-likeness (QED) is 0.807. The molecule has 20 heavy (non-hydrogen) atoms. The SMILES string of the molecule is CC(Nc1ccc(Cl)cc1)(C(=O)O)c1ccc(O)cc1. The number of carboxylic acid groups (broad SMARTS) is 1. The molecular weight excluding hydrogens is 278 g/mol. The van der Waals surface area contributed by atoms with E-state index in [0.717, 1.165) is 0 Å². The van der Waals surface area contributed by atoms with Crippen LogP contribution in [0.2, 0.25) is 5.02 Å². The Morgan fingerprint density at radius 1 is 1.10 bits per heavy atom. The lowest BCUT2D eigenvalue weighted by molar-refractivity contribution is -0.142. The smallest absolute Gasteiger partial charge is 0.333 e. The Bertz CT molecular complexity index is 610. The molecule has 4 nitrogen and oxygen atoms in total. The van der Waals surface area contributed by atoms with Gasteiger partial charge in [0.15, 0.2) is 5.54 Å². The largest absolute Gasteiger partial charge is 0.508 e. The van der Waals surface area contributed by atoms with E-state index in [1.54, 1.807) is 43.3 Å². The number of phenolic OH excluding ortho intramolecular Hbond substituents is 1. The Morgan fingerprint density at radius 3 is 2.15 bits per heavy atom. The van der Waals surface area contributed by atoms with Gasteiger partial charge in [0, 0.05) is 10.7 Å². The van der Waals surface area contributed by atoms with Crippen LogP contribution >= 0.6 is 11.6 Å². The molecular formula is C15H14ClNO3. The van der Waals surface area contributed by atoms with Crippen LogP contribution in [0.3, 0.4) is 0 Å². The summed E-state index contributed by atoms with van der Waals surface area (Å²) < 4.78 is 0. The molecule has 0 saturated carbocycles. The molecule has 0 bridgehead atoms. The van der Waals surface area contributed by atoms with Crippen LogP contribution in [0.4, 0.5) is 5.69 Å². The van der Waals surface area contributed by atoms with E-state index < -0.39 is 11.5 Å². The number of nitrogens with one attached hydrogen (secondary N) is 1. The first kappa shape index (κ1) is 14.2. The third-order valence-electron chi connectivity index (χ3n) is 3.11. The molecule has 0 aliphatic heterocycles. The van der Waals surface area contributed by atoms with Crippen LogP contribution < -0.4 is 5.32 Å². The predicted octanol–water partition coefficient (Wildman–Crippen LogP) is 3.46. The van der Waals surface area contributed by atoms with E-state index in [2.05, 4.69) is 5.32 Å². The normalized spacial score (nSPS) is 13.5. The summed E-state index contributed by atoms with van der Waals surface area (Å²) >= 11 is 5.81. The molecule has 0 aliphatic rings. The monoisotopic (exact) mass is 291 g/mol. The van der Waals surface area contributed by atoms with Crippen molar-refractivity contribution in [1.29, 1.82) is 0 Å². The van der Waals surface area contributed by atoms with Crippen LogP contribution in [0.5, 0.6) is 5.75 Å². The molecule has 2 aromatic rings. The van der Waals surface area contributed by atoms with E-state index in [4.69, 9.17) is 11.6 Å². The second-order valence-corrected chi connectivity index (χ2v) is 5.05. The molecule has 0 spiro atoms. The van der Waals surface area contributed by atoms with Crippen LogP contribution in [-0.2, 0) is 10.3 Å². The van der Waals surface area contributed by atoms with Crippen LogP contribution in [0.1, 0.15) is 12.5 Å². The molecule has 0 fully saturated rings. The predicted molar refractivity (Wildman–Crippen MR) is 78.2 cm³/mol.